The number of ether oxygens (including phenoxy) is 1. The van der Waals surface area contributed by atoms with Gasteiger partial charge in [0, 0.05) is 41.4 Å². The molecule has 0 saturated carbocycles. The van der Waals surface area contributed by atoms with Crippen LogP contribution in [0.1, 0.15) is 27.9 Å². The molecule has 1 amide bonds. The van der Waals surface area contributed by atoms with Crippen LogP contribution >= 0.6 is 11.3 Å². The van der Waals surface area contributed by atoms with Crippen LogP contribution in [0.5, 0.6) is 5.75 Å². The largest absolute Gasteiger partial charge is 0.503 e. The van der Waals surface area contributed by atoms with Gasteiger partial charge in [0.15, 0.2) is 17.7 Å². The van der Waals surface area contributed by atoms with E-state index in [1.165, 1.54) is 21.9 Å². The number of hydrogen-bond acceptors (Lipinski definition) is 6. The van der Waals surface area contributed by atoms with E-state index in [9.17, 15) is 27.9 Å². The number of amides is 1. The molecule has 2 aliphatic heterocycles. The van der Waals surface area contributed by atoms with Gasteiger partial charge in [-0.3, -0.25) is 9.59 Å². The van der Waals surface area contributed by atoms with E-state index in [2.05, 4.69) is 4.98 Å². The minimum Gasteiger partial charge on any atom is -0.503 e. The number of aromatic nitrogens is 2. The van der Waals surface area contributed by atoms with Gasteiger partial charge >= 0.3 is 0 Å². The van der Waals surface area contributed by atoms with Crippen molar-refractivity contribution in [3.8, 4) is 16.3 Å². The SMILES string of the molecule is C[C@H]1COC2Cn3cc(-c4ncc(Cc5c(F)cc(F)cc5F)s4)c(=O)c(O)c3C(=O)N21. The molecule has 2 atom stereocenters. The van der Waals surface area contributed by atoms with Gasteiger partial charge < -0.3 is 19.3 Å². The second-order valence-electron chi connectivity index (χ2n) is 7.73. The first-order chi connectivity index (χ1) is 15.2. The molecule has 32 heavy (non-hydrogen) atoms. The molecule has 0 radical (unpaired) electrons. The summed E-state index contributed by atoms with van der Waals surface area (Å²) in [5, 5.41) is 10.7. The lowest BCUT2D eigenvalue weighted by atomic mass is 10.1. The van der Waals surface area contributed by atoms with Crippen LogP contribution in [-0.4, -0.2) is 44.3 Å². The highest BCUT2D eigenvalue weighted by Gasteiger charge is 2.42. The van der Waals surface area contributed by atoms with Gasteiger partial charge in [-0.05, 0) is 6.92 Å². The molecule has 1 saturated heterocycles. The predicted molar refractivity (Wildman–Crippen MR) is 108 cm³/mol. The Morgan fingerprint density at radius 2 is 1.97 bits per heavy atom. The minimum absolute atomic E-state index is 0.0508. The third-order valence-electron chi connectivity index (χ3n) is 5.60. The number of thiazole rings is 1. The number of carbonyl (C=O) groups is 1. The molecule has 7 nitrogen and oxygen atoms in total. The summed E-state index contributed by atoms with van der Waals surface area (Å²) in [6.07, 6.45) is 2.10. The number of carbonyl (C=O) groups excluding carboxylic acids is 1. The van der Waals surface area contributed by atoms with Gasteiger partial charge in [0.1, 0.15) is 22.5 Å². The first kappa shape index (κ1) is 20.7. The van der Waals surface area contributed by atoms with Crippen molar-refractivity contribution < 1.29 is 27.8 Å². The van der Waals surface area contributed by atoms with Crippen LogP contribution in [0.3, 0.4) is 0 Å². The number of rotatable bonds is 3. The van der Waals surface area contributed by atoms with Gasteiger partial charge in [0.2, 0.25) is 5.43 Å². The Balaban J connectivity index is 1.51. The van der Waals surface area contributed by atoms with Crippen LogP contribution in [0.25, 0.3) is 10.6 Å². The summed E-state index contributed by atoms with van der Waals surface area (Å²) in [5.41, 5.74) is -1.14. The molecule has 2 aromatic heterocycles. The van der Waals surface area contributed by atoms with E-state index < -0.39 is 40.8 Å². The summed E-state index contributed by atoms with van der Waals surface area (Å²) in [7, 11) is 0. The van der Waals surface area contributed by atoms with Crippen LogP contribution in [0.4, 0.5) is 13.2 Å². The lowest BCUT2D eigenvalue weighted by Gasteiger charge is -2.33. The highest BCUT2D eigenvalue weighted by atomic mass is 32.1. The molecule has 1 unspecified atom stereocenters. The summed E-state index contributed by atoms with van der Waals surface area (Å²) < 4.78 is 48.2. The van der Waals surface area contributed by atoms with Crippen LogP contribution in [0.15, 0.2) is 29.3 Å². The lowest BCUT2D eigenvalue weighted by molar-refractivity contribution is 0.00638. The lowest BCUT2D eigenvalue weighted by Crippen LogP contribution is -2.48. The maximum Gasteiger partial charge on any atom is 0.276 e. The second kappa shape index (κ2) is 7.45. The van der Waals surface area contributed by atoms with Crippen molar-refractivity contribution in [2.75, 3.05) is 6.61 Å². The molecule has 0 bridgehead atoms. The van der Waals surface area contributed by atoms with Gasteiger partial charge in [-0.25, -0.2) is 18.2 Å². The van der Waals surface area contributed by atoms with Crippen molar-refractivity contribution in [3.05, 3.63) is 68.3 Å². The Labute approximate surface area is 183 Å². The van der Waals surface area contributed by atoms with Gasteiger partial charge in [0.25, 0.3) is 5.91 Å². The molecule has 4 heterocycles. The van der Waals surface area contributed by atoms with Crippen molar-refractivity contribution >= 4 is 17.2 Å². The fourth-order valence-corrected chi connectivity index (χ4v) is 4.99. The van der Waals surface area contributed by atoms with Crippen LogP contribution < -0.4 is 5.43 Å². The number of fused-ring (bicyclic) bond motifs is 2. The highest BCUT2D eigenvalue weighted by molar-refractivity contribution is 7.15. The molecule has 166 valence electrons. The van der Waals surface area contributed by atoms with Crippen LogP contribution in [0, 0.1) is 17.5 Å². The monoisotopic (exact) mass is 463 g/mol. The number of aromatic hydroxyl groups is 1. The molecule has 1 N–H and O–H groups in total. The summed E-state index contributed by atoms with van der Waals surface area (Å²) in [6, 6.07) is 1.02. The molecule has 1 aromatic carbocycles. The third kappa shape index (κ3) is 3.19. The van der Waals surface area contributed by atoms with E-state index in [0.29, 0.717) is 23.6 Å². The Morgan fingerprint density at radius 1 is 1.25 bits per heavy atom. The highest BCUT2D eigenvalue weighted by Crippen LogP contribution is 2.33. The molecule has 3 aromatic rings. The molecular formula is C21H16F3N3O4S. The van der Waals surface area contributed by atoms with Crippen molar-refractivity contribution in [1.82, 2.24) is 14.5 Å². The van der Waals surface area contributed by atoms with Crippen LogP contribution in [-0.2, 0) is 17.7 Å². The van der Waals surface area contributed by atoms with Gasteiger partial charge in [0.05, 0.1) is 24.8 Å². The van der Waals surface area contributed by atoms with Crippen molar-refractivity contribution in [1.29, 1.82) is 0 Å². The zero-order valence-corrected chi connectivity index (χ0v) is 17.5. The quantitative estimate of drug-likeness (QED) is 0.646. The summed E-state index contributed by atoms with van der Waals surface area (Å²) in [6.45, 7) is 2.41. The molecule has 2 aliphatic rings. The standard InChI is InChI=1S/C21H16F3N3O4S/c1-9-8-31-16-7-26-6-13(18(28)19(29)17(26)21(30)27(9)16)20-25-5-11(32-20)4-12-14(23)2-10(22)3-15(12)24/h2-3,5-6,9,16,29H,4,7-8H2,1H3/t9-,16?/m0/s1. The van der Waals surface area contributed by atoms with Crippen molar-refractivity contribution in [2.24, 2.45) is 0 Å². The topological polar surface area (TPSA) is 84.7 Å². The molecule has 11 heteroatoms. The van der Waals surface area contributed by atoms with Gasteiger partial charge in [-0.15, -0.1) is 11.3 Å². The average Bonchev–Trinajstić information content (AvgIpc) is 3.34. The Bertz CT molecular complexity index is 1300. The Morgan fingerprint density at radius 3 is 2.69 bits per heavy atom. The third-order valence-corrected chi connectivity index (χ3v) is 6.63. The van der Waals surface area contributed by atoms with Gasteiger partial charge in [-0.2, -0.15) is 0 Å². The molecule has 0 aliphatic carbocycles. The number of nitrogens with zero attached hydrogens (tertiary/aromatic N) is 3. The maximum absolute atomic E-state index is 14.0. The maximum atomic E-state index is 14.0. The fraction of sp³-hybridized carbons (Fsp3) is 0.286. The first-order valence-electron chi connectivity index (χ1n) is 9.73. The van der Waals surface area contributed by atoms with E-state index in [1.807, 2.05) is 6.92 Å². The summed E-state index contributed by atoms with van der Waals surface area (Å²) in [4.78, 5) is 31.7. The first-order valence-corrected chi connectivity index (χ1v) is 10.6. The van der Waals surface area contributed by atoms with E-state index >= 15 is 0 Å². The summed E-state index contributed by atoms with van der Waals surface area (Å²) in [5.74, 6) is -4.22. The molecular weight excluding hydrogens is 447 g/mol. The van der Waals surface area contributed by atoms with E-state index in [1.54, 1.807) is 0 Å². The Hall–Kier alpha value is -3.18. The zero-order valence-electron chi connectivity index (χ0n) is 16.6. The van der Waals surface area contributed by atoms with Gasteiger partial charge in [-0.1, -0.05) is 0 Å². The number of halogens is 3. The molecule has 5 rings (SSSR count). The fourth-order valence-electron chi connectivity index (χ4n) is 4.06. The zero-order chi connectivity index (χ0) is 22.7. The number of hydrogen-bond donors (Lipinski definition) is 1. The summed E-state index contributed by atoms with van der Waals surface area (Å²) >= 11 is 1.01. The van der Waals surface area contributed by atoms with E-state index in [-0.39, 0.29) is 40.8 Å². The Kier molecular flexibility index (Phi) is 4.82. The van der Waals surface area contributed by atoms with E-state index in [4.69, 9.17) is 4.74 Å². The van der Waals surface area contributed by atoms with E-state index in [0.717, 1.165) is 11.3 Å². The number of pyridine rings is 1. The predicted octanol–water partition coefficient (Wildman–Crippen LogP) is 2.89. The number of benzene rings is 1. The van der Waals surface area contributed by atoms with Crippen molar-refractivity contribution in [3.63, 3.8) is 0 Å². The second-order valence-corrected chi connectivity index (χ2v) is 8.84. The molecule has 1 fully saturated rings. The normalized spacial score (nSPS) is 19.9. The molecule has 0 spiro atoms. The average molecular weight is 463 g/mol. The van der Waals surface area contributed by atoms with Crippen LogP contribution in [0.2, 0.25) is 0 Å². The smallest absolute Gasteiger partial charge is 0.276 e. The van der Waals surface area contributed by atoms with Crippen molar-refractivity contribution in [2.45, 2.75) is 32.2 Å². The minimum atomic E-state index is -1.02.